The first-order valence-electron chi connectivity index (χ1n) is 12.1. The third-order valence-electron chi connectivity index (χ3n) is 7.39. The molecule has 1 atom stereocenters. The number of carbonyl (C=O) groups is 2. The van der Waals surface area contributed by atoms with Crippen molar-refractivity contribution in [1.82, 2.24) is 9.80 Å². The highest BCUT2D eigenvalue weighted by Gasteiger charge is 2.54. The van der Waals surface area contributed by atoms with Crippen LogP contribution in [0.4, 0.5) is 10.1 Å². The minimum atomic E-state index is -0.481. The van der Waals surface area contributed by atoms with Crippen molar-refractivity contribution < 1.29 is 14.0 Å². The summed E-state index contributed by atoms with van der Waals surface area (Å²) < 4.78 is 13.1. The summed E-state index contributed by atoms with van der Waals surface area (Å²) in [5.41, 5.74) is 1.19. The number of hydrogen-bond acceptors (Lipinski definition) is 4. The molecule has 33 heavy (non-hydrogen) atoms. The molecule has 2 aliphatic rings. The predicted octanol–water partition coefficient (Wildman–Crippen LogP) is 4.73. The summed E-state index contributed by atoms with van der Waals surface area (Å²) in [6.45, 7) is 7.42. The van der Waals surface area contributed by atoms with Crippen molar-refractivity contribution >= 4 is 17.4 Å². The van der Waals surface area contributed by atoms with Crippen LogP contribution in [-0.2, 0) is 4.79 Å². The Morgan fingerprint density at radius 3 is 2.36 bits per heavy atom. The standard InChI is InChI=1S/C27H34FN3O2/c1-3-21(2)30-20-31(24-8-5-4-6-9-24)27(26(30)33)15-18-29(19-16-27)17-7-10-25(32)22-11-13-23(28)14-12-22/h4-6,8-9,11-14,21H,3,7,10,15-20H2,1-2H3. The number of benzene rings is 2. The number of para-hydroxylation sites is 1. The van der Waals surface area contributed by atoms with Gasteiger partial charge in [-0.15, -0.1) is 0 Å². The average Bonchev–Trinajstić information content (AvgIpc) is 3.12. The maximum absolute atomic E-state index is 13.7. The van der Waals surface area contributed by atoms with E-state index < -0.39 is 5.54 Å². The number of anilines is 1. The smallest absolute Gasteiger partial charge is 0.250 e. The van der Waals surface area contributed by atoms with Gasteiger partial charge in [0.15, 0.2) is 5.78 Å². The number of carbonyl (C=O) groups excluding carboxylic acids is 2. The molecule has 0 aliphatic carbocycles. The van der Waals surface area contributed by atoms with E-state index in [0.717, 1.165) is 51.0 Å². The molecule has 1 amide bonds. The maximum atomic E-state index is 13.7. The van der Waals surface area contributed by atoms with Gasteiger partial charge in [0.1, 0.15) is 11.4 Å². The fourth-order valence-electron chi connectivity index (χ4n) is 5.11. The van der Waals surface area contributed by atoms with E-state index in [2.05, 4.69) is 35.8 Å². The van der Waals surface area contributed by atoms with E-state index in [0.29, 0.717) is 18.7 Å². The first-order chi connectivity index (χ1) is 15.9. The zero-order valence-electron chi connectivity index (χ0n) is 19.7. The Morgan fingerprint density at radius 2 is 1.73 bits per heavy atom. The van der Waals surface area contributed by atoms with Gasteiger partial charge >= 0.3 is 0 Å². The zero-order valence-corrected chi connectivity index (χ0v) is 19.7. The van der Waals surface area contributed by atoms with Gasteiger partial charge in [-0.05, 0) is 75.5 Å². The van der Waals surface area contributed by atoms with Gasteiger partial charge in [-0.25, -0.2) is 4.39 Å². The Balaban J connectivity index is 1.38. The van der Waals surface area contributed by atoms with Crippen LogP contribution in [0.3, 0.4) is 0 Å². The third kappa shape index (κ3) is 4.81. The van der Waals surface area contributed by atoms with E-state index in [1.807, 2.05) is 23.1 Å². The van der Waals surface area contributed by atoms with E-state index in [1.165, 1.54) is 12.1 Å². The number of piperidine rings is 1. The highest BCUT2D eigenvalue weighted by Crippen LogP contribution is 2.40. The van der Waals surface area contributed by atoms with Crippen molar-refractivity contribution in [1.29, 1.82) is 0 Å². The molecule has 2 aromatic rings. The minimum absolute atomic E-state index is 0.0499. The van der Waals surface area contributed by atoms with E-state index in [9.17, 15) is 14.0 Å². The molecular weight excluding hydrogens is 417 g/mol. The molecule has 176 valence electrons. The second-order valence-electron chi connectivity index (χ2n) is 9.34. The summed E-state index contributed by atoms with van der Waals surface area (Å²) in [6, 6.07) is 16.3. The van der Waals surface area contributed by atoms with Gasteiger partial charge in [-0.1, -0.05) is 25.1 Å². The monoisotopic (exact) mass is 451 g/mol. The number of nitrogens with zero attached hydrogens (tertiary/aromatic N) is 3. The number of likely N-dealkylation sites (tertiary alicyclic amines) is 1. The van der Waals surface area contributed by atoms with E-state index >= 15 is 0 Å². The summed E-state index contributed by atoms with van der Waals surface area (Å²) in [7, 11) is 0. The molecule has 2 saturated heterocycles. The van der Waals surface area contributed by atoms with Gasteiger partial charge in [-0.2, -0.15) is 0 Å². The summed E-state index contributed by atoms with van der Waals surface area (Å²) in [4.78, 5) is 32.8. The molecule has 0 radical (unpaired) electrons. The summed E-state index contributed by atoms with van der Waals surface area (Å²) in [6.07, 6.45) is 3.74. The Morgan fingerprint density at radius 1 is 1.06 bits per heavy atom. The summed E-state index contributed by atoms with van der Waals surface area (Å²) in [5, 5.41) is 0. The second kappa shape index (κ2) is 10.0. The van der Waals surface area contributed by atoms with Crippen LogP contribution in [-0.4, -0.2) is 59.4 Å². The van der Waals surface area contributed by atoms with Crippen LogP contribution in [0.15, 0.2) is 54.6 Å². The molecule has 0 saturated carbocycles. The Bertz CT molecular complexity index is 955. The molecule has 6 heteroatoms. The topological polar surface area (TPSA) is 43.9 Å². The second-order valence-corrected chi connectivity index (χ2v) is 9.34. The normalized spacial score (nSPS) is 19.3. The zero-order chi connectivity index (χ0) is 23.4. The van der Waals surface area contributed by atoms with Crippen LogP contribution in [0.2, 0.25) is 0 Å². The van der Waals surface area contributed by atoms with Gasteiger partial charge in [0.05, 0.1) is 6.67 Å². The molecule has 2 fully saturated rings. The van der Waals surface area contributed by atoms with E-state index in [4.69, 9.17) is 0 Å². The average molecular weight is 452 g/mol. The van der Waals surface area contributed by atoms with Crippen molar-refractivity contribution in [3.63, 3.8) is 0 Å². The van der Waals surface area contributed by atoms with Crippen LogP contribution in [0, 0.1) is 5.82 Å². The van der Waals surface area contributed by atoms with Crippen LogP contribution in [0.25, 0.3) is 0 Å². The quantitative estimate of drug-likeness (QED) is 0.545. The summed E-state index contributed by atoms with van der Waals surface area (Å²) in [5.74, 6) is -0.0209. The number of Topliss-reactive ketones (excluding diaryl/α,β-unsaturated/α-hetero) is 1. The maximum Gasteiger partial charge on any atom is 0.250 e. The third-order valence-corrected chi connectivity index (χ3v) is 7.39. The number of ketones is 1. The number of halogens is 1. The van der Waals surface area contributed by atoms with Crippen LogP contribution < -0.4 is 4.90 Å². The molecule has 0 N–H and O–H groups in total. The number of rotatable bonds is 8. The highest BCUT2D eigenvalue weighted by atomic mass is 19.1. The molecule has 2 aromatic carbocycles. The van der Waals surface area contributed by atoms with Crippen LogP contribution in [0.5, 0.6) is 0 Å². The van der Waals surface area contributed by atoms with Crippen LogP contribution in [0.1, 0.15) is 56.3 Å². The molecule has 1 spiro atoms. The van der Waals surface area contributed by atoms with Crippen molar-refractivity contribution in [2.45, 2.75) is 57.5 Å². The molecule has 2 aliphatic heterocycles. The minimum Gasteiger partial charge on any atom is -0.339 e. The molecule has 4 rings (SSSR count). The Labute approximate surface area is 196 Å². The molecule has 0 aromatic heterocycles. The van der Waals surface area contributed by atoms with Crippen molar-refractivity contribution in [3.8, 4) is 0 Å². The Kier molecular flexibility index (Phi) is 7.13. The molecule has 5 nitrogen and oxygen atoms in total. The fraction of sp³-hybridized carbons (Fsp3) is 0.481. The van der Waals surface area contributed by atoms with E-state index in [-0.39, 0.29) is 23.5 Å². The van der Waals surface area contributed by atoms with Crippen LogP contribution >= 0.6 is 0 Å². The van der Waals surface area contributed by atoms with Crippen molar-refractivity contribution in [2.24, 2.45) is 0 Å². The fourth-order valence-corrected chi connectivity index (χ4v) is 5.11. The highest BCUT2D eigenvalue weighted by molar-refractivity contribution is 5.96. The van der Waals surface area contributed by atoms with Crippen molar-refractivity contribution in [3.05, 3.63) is 66.0 Å². The van der Waals surface area contributed by atoms with E-state index in [1.54, 1.807) is 12.1 Å². The predicted molar refractivity (Wildman–Crippen MR) is 129 cm³/mol. The lowest BCUT2D eigenvalue weighted by Crippen LogP contribution is -2.56. The Hall–Kier alpha value is -2.73. The van der Waals surface area contributed by atoms with Gasteiger partial charge in [0.25, 0.3) is 0 Å². The van der Waals surface area contributed by atoms with Gasteiger partial charge in [-0.3, -0.25) is 9.59 Å². The molecule has 2 heterocycles. The first kappa shape index (κ1) is 23.4. The molecule has 1 unspecified atom stereocenters. The van der Waals surface area contributed by atoms with Gasteiger partial charge < -0.3 is 14.7 Å². The van der Waals surface area contributed by atoms with Gasteiger partial charge in [0, 0.05) is 36.8 Å². The number of hydrogen-bond donors (Lipinski definition) is 0. The summed E-state index contributed by atoms with van der Waals surface area (Å²) >= 11 is 0. The molecule has 0 bridgehead atoms. The first-order valence-corrected chi connectivity index (χ1v) is 12.1. The van der Waals surface area contributed by atoms with Crippen molar-refractivity contribution in [2.75, 3.05) is 31.2 Å². The largest absolute Gasteiger partial charge is 0.339 e. The lowest BCUT2D eigenvalue weighted by atomic mass is 9.85. The van der Waals surface area contributed by atoms with Gasteiger partial charge in [0.2, 0.25) is 5.91 Å². The lowest BCUT2D eigenvalue weighted by molar-refractivity contribution is -0.135. The SMILES string of the molecule is CCC(C)N1CN(c2ccccc2)C2(CCN(CCCC(=O)c3ccc(F)cc3)CC2)C1=O. The lowest BCUT2D eigenvalue weighted by Gasteiger charge is -2.43. The number of amides is 1. The molecular formula is C27H34FN3O2.